The summed E-state index contributed by atoms with van der Waals surface area (Å²) >= 11 is 3.26. The van der Waals surface area contributed by atoms with Gasteiger partial charge in [-0.15, -0.1) is 0 Å². The van der Waals surface area contributed by atoms with Crippen molar-refractivity contribution in [2.75, 3.05) is 10.6 Å². The number of aromatic nitrogens is 2. The fourth-order valence-corrected chi connectivity index (χ4v) is 2.87. The van der Waals surface area contributed by atoms with Crippen molar-refractivity contribution in [1.82, 2.24) is 15.3 Å². The van der Waals surface area contributed by atoms with Gasteiger partial charge in [0.1, 0.15) is 5.75 Å². The molecule has 1 aromatic heterocycles. The highest BCUT2D eigenvalue weighted by atomic mass is 79.9. The molecule has 5 N–H and O–H groups in total. The summed E-state index contributed by atoms with van der Waals surface area (Å²) in [6, 6.07) is 9.93. The van der Waals surface area contributed by atoms with Gasteiger partial charge < -0.3 is 21.1 Å². The van der Waals surface area contributed by atoms with E-state index in [-0.39, 0.29) is 17.3 Å². The van der Waals surface area contributed by atoms with Crippen LogP contribution in [-0.2, 0) is 4.79 Å². The molecule has 170 valence electrons. The van der Waals surface area contributed by atoms with E-state index >= 15 is 0 Å². The zero-order valence-electron chi connectivity index (χ0n) is 17.8. The lowest BCUT2D eigenvalue weighted by atomic mass is 10.1. The quantitative estimate of drug-likeness (QED) is 0.394. The maximum Gasteiger partial charge on any atom is 0.326 e. The minimum Gasteiger partial charge on any atom is -0.424 e. The topological polar surface area (TPSA) is 148 Å². The number of hydrogen-bond acceptors (Lipinski definition) is 7. The zero-order valence-corrected chi connectivity index (χ0v) is 19.3. The van der Waals surface area contributed by atoms with Gasteiger partial charge >= 0.3 is 12.0 Å². The molecule has 0 aliphatic rings. The first-order valence-corrected chi connectivity index (χ1v) is 10.6. The van der Waals surface area contributed by atoms with Gasteiger partial charge in [-0.05, 0) is 65.7 Å². The van der Waals surface area contributed by atoms with Crippen LogP contribution in [0, 0.1) is 6.92 Å². The molecular formula is C22H21BrN6O4. The number of rotatable bonds is 6. The van der Waals surface area contributed by atoms with E-state index in [4.69, 9.17) is 10.5 Å². The number of aryl methyl sites for hydroxylation is 1. The summed E-state index contributed by atoms with van der Waals surface area (Å²) in [4.78, 5) is 44.9. The molecule has 33 heavy (non-hydrogen) atoms. The number of nitrogens with one attached hydrogen (secondary N) is 3. The highest BCUT2D eigenvalue weighted by Crippen LogP contribution is 2.25. The fourth-order valence-electron chi connectivity index (χ4n) is 2.66. The molecule has 0 saturated carbocycles. The predicted molar refractivity (Wildman–Crippen MR) is 126 cm³/mol. The molecule has 4 amide bonds. The third kappa shape index (κ3) is 6.57. The molecule has 0 aliphatic heterocycles. The van der Waals surface area contributed by atoms with E-state index in [1.165, 1.54) is 13.0 Å². The van der Waals surface area contributed by atoms with Crippen LogP contribution in [0.4, 0.5) is 16.2 Å². The molecule has 0 aliphatic carbocycles. The fraction of sp³-hybridized carbons (Fsp3) is 0.136. The summed E-state index contributed by atoms with van der Waals surface area (Å²) in [5.74, 6) is -0.624. The maximum atomic E-state index is 12.6. The van der Waals surface area contributed by atoms with Crippen molar-refractivity contribution in [2.45, 2.75) is 19.9 Å². The Hall–Kier alpha value is -3.83. The van der Waals surface area contributed by atoms with Crippen molar-refractivity contribution in [3.05, 3.63) is 70.5 Å². The lowest BCUT2D eigenvalue weighted by molar-refractivity contribution is -0.117. The third-order valence-corrected chi connectivity index (χ3v) is 4.71. The molecule has 3 aromatic rings. The van der Waals surface area contributed by atoms with Crippen molar-refractivity contribution in [3.8, 4) is 11.8 Å². The molecule has 10 nitrogen and oxygen atoms in total. The van der Waals surface area contributed by atoms with E-state index in [1.54, 1.807) is 55.7 Å². The Bertz CT molecular complexity index is 1180. The Morgan fingerprint density at radius 3 is 2.42 bits per heavy atom. The first kappa shape index (κ1) is 23.8. The van der Waals surface area contributed by atoms with E-state index in [9.17, 15) is 14.4 Å². The van der Waals surface area contributed by atoms with Gasteiger partial charge in [0, 0.05) is 18.1 Å². The first-order chi connectivity index (χ1) is 15.7. The van der Waals surface area contributed by atoms with Crippen molar-refractivity contribution in [1.29, 1.82) is 0 Å². The molecule has 0 bridgehead atoms. The van der Waals surface area contributed by atoms with Gasteiger partial charge in [0.25, 0.3) is 5.91 Å². The normalized spacial score (nSPS) is 11.3. The van der Waals surface area contributed by atoms with Gasteiger partial charge in [-0.25, -0.2) is 14.8 Å². The highest BCUT2D eigenvalue weighted by molar-refractivity contribution is 9.10. The Labute approximate surface area is 198 Å². The Morgan fingerprint density at radius 2 is 1.76 bits per heavy atom. The van der Waals surface area contributed by atoms with Crippen LogP contribution in [0.15, 0.2) is 59.3 Å². The number of hydrogen-bond donors (Lipinski definition) is 4. The van der Waals surface area contributed by atoms with Crippen LogP contribution < -0.4 is 26.4 Å². The molecule has 0 fully saturated rings. The van der Waals surface area contributed by atoms with Gasteiger partial charge in [-0.2, -0.15) is 0 Å². The summed E-state index contributed by atoms with van der Waals surface area (Å²) in [7, 11) is 0. The van der Waals surface area contributed by atoms with E-state index in [0.717, 1.165) is 10.0 Å². The Morgan fingerprint density at radius 1 is 1.06 bits per heavy atom. The van der Waals surface area contributed by atoms with Gasteiger partial charge in [0.2, 0.25) is 5.91 Å². The van der Waals surface area contributed by atoms with Crippen LogP contribution in [0.1, 0.15) is 22.8 Å². The monoisotopic (exact) mass is 512 g/mol. The second-order valence-electron chi connectivity index (χ2n) is 7.00. The van der Waals surface area contributed by atoms with Gasteiger partial charge in [0.05, 0.1) is 21.8 Å². The smallest absolute Gasteiger partial charge is 0.326 e. The minimum absolute atomic E-state index is 0.121. The lowest BCUT2D eigenvalue weighted by Crippen LogP contribution is -2.36. The van der Waals surface area contributed by atoms with Crippen LogP contribution in [0.3, 0.4) is 0 Å². The van der Waals surface area contributed by atoms with Crippen molar-refractivity contribution in [3.63, 3.8) is 0 Å². The average Bonchev–Trinajstić information content (AvgIpc) is 2.77. The van der Waals surface area contributed by atoms with E-state index < -0.39 is 23.9 Å². The molecule has 0 spiro atoms. The predicted octanol–water partition coefficient (Wildman–Crippen LogP) is 3.59. The molecule has 11 heteroatoms. The Balaban J connectivity index is 1.64. The molecule has 1 heterocycles. The zero-order chi connectivity index (χ0) is 24.0. The number of nitrogens with two attached hydrogens (primary N) is 1. The number of carbonyl (C=O) groups excluding carboxylic acids is 3. The summed E-state index contributed by atoms with van der Waals surface area (Å²) in [5.41, 5.74) is 7.09. The summed E-state index contributed by atoms with van der Waals surface area (Å²) in [6.07, 6.45) is 3.13. The molecule has 0 unspecified atom stereocenters. The van der Waals surface area contributed by atoms with Crippen LogP contribution in [0.25, 0.3) is 0 Å². The number of ether oxygens (including phenoxy) is 1. The van der Waals surface area contributed by atoms with Crippen LogP contribution in [0.5, 0.6) is 11.8 Å². The molecular weight excluding hydrogens is 492 g/mol. The molecule has 0 saturated heterocycles. The van der Waals surface area contributed by atoms with Gasteiger partial charge in [-0.1, -0.05) is 12.1 Å². The van der Waals surface area contributed by atoms with E-state index in [0.29, 0.717) is 11.4 Å². The number of amides is 4. The Kier molecular flexibility index (Phi) is 7.70. The number of urea groups is 1. The SMILES string of the molecule is Cc1cc(NC(=O)NC(=O)c2ccccc2NC(=O)[C@@H](C)N)ccc1Oc1ncc(Br)cn1. The number of benzene rings is 2. The second-order valence-corrected chi connectivity index (χ2v) is 7.91. The van der Waals surface area contributed by atoms with Gasteiger partial charge in [0.15, 0.2) is 0 Å². The first-order valence-electron chi connectivity index (χ1n) is 9.77. The average molecular weight is 513 g/mol. The third-order valence-electron chi connectivity index (χ3n) is 4.30. The van der Waals surface area contributed by atoms with Crippen molar-refractivity contribution in [2.24, 2.45) is 5.73 Å². The number of imide groups is 1. The van der Waals surface area contributed by atoms with Crippen molar-refractivity contribution < 1.29 is 19.1 Å². The molecule has 3 rings (SSSR count). The number of anilines is 2. The lowest BCUT2D eigenvalue weighted by Gasteiger charge is -2.13. The maximum absolute atomic E-state index is 12.6. The molecule has 1 atom stereocenters. The van der Waals surface area contributed by atoms with Crippen LogP contribution in [-0.4, -0.2) is 33.9 Å². The number of nitrogens with zero attached hydrogens (tertiary/aromatic N) is 2. The largest absolute Gasteiger partial charge is 0.424 e. The summed E-state index contributed by atoms with van der Waals surface area (Å²) in [6.45, 7) is 3.31. The van der Waals surface area contributed by atoms with Crippen LogP contribution >= 0.6 is 15.9 Å². The van der Waals surface area contributed by atoms with E-state index in [2.05, 4.69) is 41.8 Å². The number of para-hydroxylation sites is 1. The standard InChI is InChI=1S/C22H21BrN6O4/c1-12-9-15(7-8-18(12)33-22-25-10-14(23)11-26-22)27-21(32)29-20(31)16-5-3-4-6-17(16)28-19(30)13(2)24/h3-11,13H,24H2,1-2H3,(H,28,30)(H2,27,29,31,32)/t13-/m1/s1. The number of halogens is 1. The highest BCUT2D eigenvalue weighted by Gasteiger charge is 2.17. The molecule has 2 aromatic carbocycles. The van der Waals surface area contributed by atoms with Crippen LogP contribution in [0.2, 0.25) is 0 Å². The number of carbonyl (C=O) groups is 3. The van der Waals surface area contributed by atoms with E-state index in [1.807, 2.05) is 0 Å². The second kappa shape index (κ2) is 10.7. The molecule has 0 radical (unpaired) electrons. The summed E-state index contributed by atoms with van der Waals surface area (Å²) < 4.78 is 6.37. The summed E-state index contributed by atoms with van der Waals surface area (Å²) in [5, 5.41) is 7.40. The minimum atomic E-state index is -0.755. The van der Waals surface area contributed by atoms with Gasteiger partial charge in [-0.3, -0.25) is 14.9 Å². The van der Waals surface area contributed by atoms with Crippen molar-refractivity contribution >= 4 is 45.2 Å².